The monoisotopic (exact) mass is 228 g/mol. The number of hydrogen-bond donors (Lipinski definition) is 0. The van der Waals surface area contributed by atoms with Crippen LogP contribution in [0.5, 0.6) is 0 Å². The van der Waals surface area contributed by atoms with E-state index in [0.717, 1.165) is 24.5 Å². The number of hydrogen-bond acceptors (Lipinski definition) is 2. The second-order valence-corrected chi connectivity index (χ2v) is 4.56. The predicted molar refractivity (Wildman–Crippen MR) is 65.3 cm³/mol. The zero-order valence-electron chi connectivity index (χ0n) is 10.2. The minimum atomic E-state index is 0.524. The van der Waals surface area contributed by atoms with E-state index in [1.165, 1.54) is 0 Å². The zero-order chi connectivity index (χ0) is 12.3. The van der Waals surface area contributed by atoms with Crippen molar-refractivity contribution in [3.63, 3.8) is 0 Å². The molecule has 4 nitrogen and oxygen atoms in total. The van der Waals surface area contributed by atoms with E-state index in [0.29, 0.717) is 5.92 Å². The minimum absolute atomic E-state index is 0.524. The summed E-state index contributed by atoms with van der Waals surface area (Å²) in [4.78, 5) is 4.02. The Morgan fingerprint density at radius 3 is 2.82 bits per heavy atom. The van der Waals surface area contributed by atoms with Crippen LogP contribution in [0, 0.1) is 17.2 Å². The second-order valence-electron chi connectivity index (χ2n) is 4.56. The first kappa shape index (κ1) is 11.5. The van der Waals surface area contributed by atoms with Crippen molar-refractivity contribution in [3.05, 3.63) is 42.2 Å². The van der Waals surface area contributed by atoms with Gasteiger partial charge in [-0.3, -0.25) is 0 Å². The van der Waals surface area contributed by atoms with Gasteiger partial charge in [-0.2, -0.15) is 5.26 Å². The molecule has 0 fully saturated rings. The van der Waals surface area contributed by atoms with E-state index < -0.39 is 0 Å². The molecule has 0 aromatic carbocycles. The van der Waals surface area contributed by atoms with Gasteiger partial charge in [0.2, 0.25) is 0 Å². The SMILES string of the molecule is CC(C)Cn1c(C#N)ccc1Cn1ccnc1. The highest BCUT2D eigenvalue weighted by atomic mass is 15.1. The molecule has 0 aliphatic carbocycles. The van der Waals surface area contributed by atoms with Gasteiger partial charge < -0.3 is 9.13 Å². The molecule has 0 aliphatic heterocycles. The van der Waals surface area contributed by atoms with E-state index in [1.54, 1.807) is 12.5 Å². The van der Waals surface area contributed by atoms with E-state index in [9.17, 15) is 0 Å². The molecular formula is C13H16N4. The molecule has 0 radical (unpaired) electrons. The summed E-state index contributed by atoms with van der Waals surface area (Å²) in [5.74, 6) is 0.524. The number of rotatable bonds is 4. The van der Waals surface area contributed by atoms with Gasteiger partial charge in [0.25, 0.3) is 0 Å². The molecule has 0 unspecified atom stereocenters. The van der Waals surface area contributed by atoms with Gasteiger partial charge in [0.1, 0.15) is 11.8 Å². The van der Waals surface area contributed by atoms with Crippen molar-refractivity contribution in [2.45, 2.75) is 26.9 Å². The second kappa shape index (κ2) is 4.88. The first-order valence-electron chi connectivity index (χ1n) is 5.75. The largest absolute Gasteiger partial charge is 0.335 e. The van der Waals surface area contributed by atoms with E-state index >= 15 is 0 Å². The third-order valence-corrected chi connectivity index (χ3v) is 2.64. The molecule has 0 spiro atoms. The smallest absolute Gasteiger partial charge is 0.120 e. The highest BCUT2D eigenvalue weighted by molar-refractivity contribution is 5.27. The van der Waals surface area contributed by atoms with Crippen molar-refractivity contribution < 1.29 is 0 Å². The van der Waals surface area contributed by atoms with Crippen LogP contribution in [0.2, 0.25) is 0 Å². The quantitative estimate of drug-likeness (QED) is 0.805. The summed E-state index contributed by atoms with van der Waals surface area (Å²) in [6.07, 6.45) is 5.48. The van der Waals surface area contributed by atoms with E-state index in [1.807, 2.05) is 22.9 Å². The standard InChI is InChI=1S/C13H16N4/c1-11(2)8-17-12(7-14)3-4-13(17)9-16-6-5-15-10-16/h3-6,10-11H,8-9H2,1-2H3. The summed E-state index contributed by atoms with van der Waals surface area (Å²) in [7, 11) is 0. The molecule has 17 heavy (non-hydrogen) atoms. The van der Waals surface area contributed by atoms with Crippen molar-refractivity contribution in [2.75, 3.05) is 0 Å². The third kappa shape index (κ3) is 2.56. The summed E-state index contributed by atoms with van der Waals surface area (Å²) in [5, 5.41) is 9.08. The molecule has 2 rings (SSSR count). The molecule has 0 N–H and O–H groups in total. The predicted octanol–water partition coefficient (Wildman–Crippen LogP) is 2.26. The Labute approximate surface area is 101 Å². The molecule has 0 bridgehead atoms. The Morgan fingerprint density at radius 1 is 1.41 bits per heavy atom. The van der Waals surface area contributed by atoms with Gasteiger partial charge >= 0.3 is 0 Å². The third-order valence-electron chi connectivity index (χ3n) is 2.64. The molecule has 4 heteroatoms. The topological polar surface area (TPSA) is 46.5 Å². The average molecular weight is 228 g/mol. The van der Waals surface area contributed by atoms with Crippen LogP contribution < -0.4 is 0 Å². The Balaban J connectivity index is 2.28. The molecule has 0 aliphatic rings. The van der Waals surface area contributed by atoms with Crippen LogP contribution in [0.1, 0.15) is 25.2 Å². The maximum Gasteiger partial charge on any atom is 0.120 e. The van der Waals surface area contributed by atoms with Crippen LogP contribution in [-0.4, -0.2) is 14.1 Å². The highest BCUT2D eigenvalue weighted by Gasteiger charge is 2.09. The zero-order valence-corrected chi connectivity index (χ0v) is 10.2. The summed E-state index contributed by atoms with van der Waals surface area (Å²) in [6.45, 7) is 5.94. The molecule has 88 valence electrons. The minimum Gasteiger partial charge on any atom is -0.335 e. The molecule has 0 saturated heterocycles. The van der Waals surface area contributed by atoms with Crippen LogP contribution in [0.25, 0.3) is 0 Å². The van der Waals surface area contributed by atoms with Crippen LogP contribution in [0.4, 0.5) is 0 Å². The number of imidazole rings is 1. The summed E-state index contributed by atoms with van der Waals surface area (Å²) < 4.78 is 4.10. The molecule has 0 atom stereocenters. The van der Waals surface area contributed by atoms with Gasteiger partial charge in [0.05, 0.1) is 12.9 Å². The normalized spacial score (nSPS) is 10.7. The lowest BCUT2D eigenvalue weighted by atomic mass is 10.2. The lowest BCUT2D eigenvalue weighted by Gasteiger charge is -2.13. The first-order valence-corrected chi connectivity index (χ1v) is 5.75. The number of aromatic nitrogens is 3. The Hall–Kier alpha value is -2.02. The maximum atomic E-state index is 9.08. The lowest BCUT2D eigenvalue weighted by molar-refractivity contribution is 0.502. The molecule has 0 saturated carbocycles. The van der Waals surface area contributed by atoms with Gasteiger partial charge in [-0.1, -0.05) is 13.8 Å². The molecule has 2 aromatic heterocycles. The van der Waals surface area contributed by atoms with Gasteiger partial charge in [0.15, 0.2) is 0 Å². The lowest BCUT2D eigenvalue weighted by Crippen LogP contribution is -2.12. The van der Waals surface area contributed by atoms with Gasteiger partial charge in [-0.15, -0.1) is 0 Å². The van der Waals surface area contributed by atoms with Crippen LogP contribution in [0.15, 0.2) is 30.9 Å². The van der Waals surface area contributed by atoms with Crippen molar-refractivity contribution in [3.8, 4) is 6.07 Å². The number of nitrogens with zero attached hydrogens (tertiary/aromatic N) is 4. The summed E-state index contributed by atoms with van der Waals surface area (Å²) in [6, 6.07) is 6.14. The van der Waals surface area contributed by atoms with Crippen molar-refractivity contribution in [2.24, 2.45) is 5.92 Å². The number of nitriles is 1. The van der Waals surface area contributed by atoms with Crippen molar-refractivity contribution in [1.82, 2.24) is 14.1 Å². The fourth-order valence-electron chi connectivity index (χ4n) is 1.89. The van der Waals surface area contributed by atoms with Gasteiger partial charge in [0, 0.05) is 24.6 Å². The van der Waals surface area contributed by atoms with Gasteiger partial charge in [-0.25, -0.2) is 4.98 Å². The highest BCUT2D eigenvalue weighted by Crippen LogP contribution is 2.13. The van der Waals surface area contributed by atoms with Crippen LogP contribution in [-0.2, 0) is 13.1 Å². The van der Waals surface area contributed by atoms with E-state index in [-0.39, 0.29) is 0 Å². The Bertz CT molecular complexity index is 514. The fourth-order valence-corrected chi connectivity index (χ4v) is 1.89. The molecular weight excluding hydrogens is 212 g/mol. The molecule has 2 aromatic rings. The van der Waals surface area contributed by atoms with E-state index in [2.05, 4.69) is 29.5 Å². The fraction of sp³-hybridized carbons (Fsp3) is 0.385. The molecule has 2 heterocycles. The van der Waals surface area contributed by atoms with E-state index in [4.69, 9.17) is 5.26 Å². The van der Waals surface area contributed by atoms with Crippen molar-refractivity contribution in [1.29, 1.82) is 5.26 Å². The van der Waals surface area contributed by atoms with Crippen LogP contribution >= 0.6 is 0 Å². The first-order chi connectivity index (χ1) is 8.20. The van der Waals surface area contributed by atoms with Crippen molar-refractivity contribution >= 4 is 0 Å². The maximum absolute atomic E-state index is 9.08. The van der Waals surface area contributed by atoms with Gasteiger partial charge in [-0.05, 0) is 18.1 Å². The Kier molecular flexibility index (Phi) is 3.29. The molecule has 0 amide bonds. The summed E-state index contributed by atoms with van der Waals surface area (Å²) >= 11 is 0. The average Bonchev–Trinajstić information content (AvgIpc) is 2.90. The van der Waals surface area contributed by atoms with Crippen LogP contribution in [0.3, 0.4) is 0 Å². The summed E-state index contributed by atoms with van der Waals surface area (Å²) in [5.41, 5.74) is 1.88. The Morgan fingerprint density at radius 2 is 2.24 bits per heavy atom.